The van der Waals surface area contributed by atoms with Crippen molar-refractivity contribution in [2.75, 3.05) is 0 Å². The second-order valence-electron chi connectivity index (χ2n) is 3.51. The fourth-order valence-corrected chi connectivity index (χ4v) is 1.60. The van der Waals surface area contributed by atoms with Crippen LogP contribution in [0, 0.1) is 5.82 Å². The van der Waals surface area contributed by atoms with Crippen LogP contribution < -0.4 is 11.3 Å². The highest BCUT2D eigenvalue weighted by molar-refractivity contribution is 6.30. The van der Waals surface area contributed by atoms with Gasteiger partial charge in [-0.2, -0.15) is 0 Å². The zero-order valence-corrected chi connectivity index (χ0v) is 9.56. The highest BCUT2D eigenvalue weighted by atomic mass is 35.5. The molecule has 0 atom stereocenters. The average Bonchev–Trinajstić information content (AvgIpc) is 2.28. The first-order valence-electron chi connectivity index (χ1n) is 5.07. The van der Waals surface area contributed by atoms with E-state index in [1.54, 1.807) is 6.07 Å². The molecule has 1 aromatic rings. The summed E-state index contributed by atoms with van der Waals surface area (Å²) in [7, 11) is 0. The van der Waals surface area contributed by atoms with Crippen LogP contribution in [0.25, 0.3) is 0 Å². The number of carbonyl (C=O) groups excluding carboxylic acids is 1. The molecule has 3 nitrogen and oxygen atoms in total. The molecule has 0 unspecified atom stereocenters. The number of rotatable bonds is 5. The van der Waals surface area contributed by atoms with E-state index in [0.717, 1.165) is 6.42 Å². The number of halogens is 2. The predicted octanol–water partition coefficient (Wildman–Crippen LogP) is 2.18. The van der Waals surface area contributed by atoms with E-state index in [-0.39, 0.29) is 11.7 Å². The topological polar surface area (TPSA) is 55.1 Å². The predicted molar refractivity (Wildman–Crippen MR) is 61.3 cm³/mol. The zero-order chi connectivity index (χ0) is 12.0. The summed E-state index contributed by atoms with van der Waals surface area (Å²) < 4.78 is 13.3. The fraction of sp³-hybridized carbons (Fsp3) is 0.364. The van der Waals surface area contributed by atoms with Crippen LogP contribution in [-0.4, -0.2) is 5.91 Å². The van der Waals surface area contributed by atoms with Gasteiger partial charge >= 0.3 is 0 Å². The minimum absolute atomic E-state index is 0.202. The summed E-state index contributed by atoms with van der Waals surface area (Å²) in [6, 6.07) is 4.48. The Morgan fingerprint density at radius 3 is 2.88 bits per heavy atom. The maximum atomic E-state index is 13.3. The minimum Gasteiger partial charge on any atom is -0.294 e. The summed E-state index contributed by atoms with van der Waals surface area (Å²) in [6.45, 7) is 0. The first kappa shape index (κ1) is 12.9. The number of benzene rings is 1. The van der Waals surface area contributed by atoms with E-state index in [9.17, 15) is 9.18 Å². The van der Waals surface area contributed by atoms with Crippen molar-refractivity contribution in [3.63, 3.8) is 0 Å². The third-order valence-electron chi connectivity index (χ3n) is 2.27. The minimum atomic E-state index is -0.257. The van der Waals surface area contributed by atoms with Crippen molar-refractivity contribution in [1.29, 1.82) is 0 Å². The molecular formula is C11H14ClFN2O. The Morgan fingerprint density at radius 1 is 1.44 bits per heavy atom. The van der Waals surface area contributed by atoms with E-state index >= 15 is 0 Å². The maximum absolute atomic E-state index is 13.3. The molecule has 1 amide bonds. The molecule has 0 heterocycles. The number of amides is 1. The van der Waals surface area contributed by atoms with Crippen LogP contribution in [0.2, 0.25) is 5.02 Å². The van der Waals surface area contributed by atoms with Crippen molar-refractivity contribution in [3.05, 3.63) is 34.6 Å². The number of carbonyl (C=O) groups is 1. The first-order valence-corrected chi connectivity index (χ1v) is 5.44. The van der Waals surface area contributed by atoms with Gasteiger partial charge in [0, 0.05) is 11.4 Å². The lowest BCUT2D eigenvalue weighted by molar-refractivity contribution is -0.121. The molecule has 88 valence electrons. The number of hydrazine groups is 1. The van der Waals surface area contributed by atoms with Gasteiger partial charge in [0.25, 0.3) is 0 Å². The van der Waals surface area contributed by atoms with Gasteiger partial charge in [-0.15, -0.1) is 0 Å². The summed E-state index contributed by atoms with van der Waals surface area (Å²) in [6.07, 6.45) is 2.34. The number of hydrogen-bond donors (Lipinski definition) is 2. The van der Waals surface area contributed by atoms with Crippen LogP contribution in [0.1, 0.15) is 24.8 Å². The molecule has 0 bridgehead atoms. The van der Waals surface area contributed by atoms with Gasteiger partial charge in [-0.05, 0) is 43.0 Å². The van der Waals surface area contributed by atoms with Gasteiger partial charge in [0.1, 0.15) is 5.82 Å². The van der Waals surface area contributed by atoms with Crippen LogP contribution in [0.5, 0.6) is 0 Å². The largest absolute Gasteiger partial charge is 0.294 e. The Kier molecular flexibility index (Phi) is 5.22. The van der Waals surface area contributed by atoms with E-state index in [2.05, 4.69) is 5.43 Å². The Labute approximate surface area is 98.7 Å². The van der Waals surface area contributed by atoms with E-state index in [1.165, 1.54) is 12.1 Å². The molecule has 5 heteroatoms. The standard InChI is InChI=1S/C11H14ClFN2O/c12-9-5-6-10(13)8(7-9)3-1-2-4-11(16)15-14/h5-7H,1-4,14H2,(H,15,16). The number of hydrogen-bond acceptors (Lipinski definition) is 2. The second-order valence-corrected chi connectivity index (χ2v) is 3.95. The molecule has 1 rings (SSSR count). The Balaban J connectivity index is 2.37. The zero-order valence-electron chi connectivity index (χ0n) is 8.80. The van der Waals surface area contributed by atoms with Crippen molar-refractivity contribution >= 4 is 17.5 Å². The Bertz CT molecular complexity index is 371. The summed E-state index contributed by atoms with van der Waals surface area (Å²) in [5.74, 6) is 4.47. The third kappa shape index (κ3) is 4.16. The summed E-state index contributed by atoms with van der Waals surface area (Å²) in [5, 5.41) is 0.524. The molecular weight excluding hydrogens is 231 g/mol. The van der Waals surface area contributed by atoms with Crippen LogP contribution in [-0.2, 0) is 11.2 Å². The number of unbranched alkanes of at least 4 members (excludes halogenated alkanes) is 1. The van der Waals surface area contributed by atoms with Gasteiger partial charge < -0.3 is 0 Å². The van der Waals surface area contributed by atoms with Crippen molar-refractivity contribution in [2.24, 2.45) is 5.84 Å². The van der Waals surface area contributed by atoms with Crippen LogP contribution in [0.4, 0.5) is 4.39 Å². The van der Waals surface area contributed by atoms with Gasteiger partial charge in [-0.25, -0.2) is 10.2 Å². The van der Waals surface area contributed by atoms with E-state index < -0.39 is 0 Å². The lowest BCUT2D eigenvalue weighted by atomic mass is 10.1. The van der Waals surface area contributed by atoms with Crippen LogP contribution in [0.3, 0.4) is 0 Å². The average molecular weight is 245 g/mol. The van der Waals surface area contributed by atoms with Gasteiger partial charge in [-0.1, -0.05) is 11.6 Å². The summed E-state index contributed by atoms with van der Waals surface area (Å²) >= 11 is 5.76. The normalized spacial score (nSPS) is 10.2. The quantitative estimate of drug-likeness (QED) is 0.361. The lowest BCUT2D eigenvalue weighted by Gasteiger charge is -2.03. The highest BCUT2D eigenvalue weighted by Gasteiger charge is 2.04. The van der Waals surface area contributed by atoms with Crippen molar-refractivity contribution in [1.82, 2.24) is 5.43 Å². The van der Waals surface area contributed by atoms with Gasteiger partial charge in [-0.3, -0.25) is 10.2 Å². The maximum Gasteiger partial charge on any atom is 0.233 e. The van der Waals surface area contributed by atoms with Crippen molar-refractivity contribution < 1.29 is 9.18 Å². The molecule has 0 radical (unpaired) electrons. The number of nitrogens with one attached hydrogen (secondary N) is 1. The first-order chi connectivity index (χ1) is 7.63. The molecule has 1 aromatic carbocycles. The number of aryl methyl sites for hydroxylation is 1. The molecule has 0 aromatic heterocycles. The number of nitrogens with two attached hydrogens (primary N) is 1. The summed E-state index contributed by atoms with van der Waals surface area (Å²) in [4.78, 5) is 10.8. The van der Waals surface area contributed by atoms with E-state index in [4.69, 9.17) is 17.4 Å². The summed E-state index contributed by atoms with van der Waals surface area (Å²) in [5.41, 5.74) is 2.63. The van der Waals surface area contributed by atoms with Gasteiger partial charge in [0.15, 0.2) is 0 Å². The molecule has 16 heavy (non-hydrogen) atoms. The SMILES string of the molecule is NNC(=O)CCCCc1cc(Cl)ccc1F. The highest BCUT2D eigenvalue weighted by Crippen LogP contribution is 2.17. The molecule has 0 saturated heterocycles. The lowest BCUT2D eigenvalue weighted by Crippen LogP contribution is -2.29. The molecule has 0 spiro atoms. The van der Waals surface area contributed by atoms with Gasteiger partial charge in [0.05, 0.1) is 0 Å². The monoisotopic (exact) mass is 244 g/mol. The molecule has 3 N–H and O–H groups in total. The van der Waals surface area contributed by atoms with Crippen molar-refractivity contribution in [2.45, 2.75) is 25.7 Å². The van der Waals surface area contributed by atoms with E-state index in [1.807, 2.05) is 0 Å². The molecule has 0 aliphatic carbocycles. The molecule has 0 saturated carbocycles. The molecule has 0 fully saturated rings. The van der Waals surface area contributed by atoms with Gasteiger partial charge in [0.2, 0.25) is 5.91 Å². The van der Waals surface area contributed by atoms with Crippen LogP contribution >= 0.6 is 11.6 Å². The smallest absolute Gasteiger partial charge is 0.233 e. The third-order valence-corrected chi connectivity index (χ3v) is 2.50. The molecule has 0 aliphatic heterocycles. The Morgan fingerprint density at radius 2 is 2.19 bits per heavy atom. The second kappa shape index (κ2) is 6.45. The van der Waals surface area contributed by atoms with E-state index in [0.29, 0.717) is 29.8 Å². The Hall–Kier alpha value is -1.13. The van der Waals surface area contributed by atoms with Crippen molar-refractivity contribution in [3.8, 4) is 0 Å². The fourth-order valence-electron chi connectivity index (χ4n) is 1.41. The molecule has 0 aliphatic rings. The van der Waals surface area contributed by atoms with Crippen LogP contribution in [0.15, 0.2) is 18.2 Å².